The van der Waals surface area contributed by atoms with Gasteiger partial charge in [0.15, 0.2) is 6.61 Å². The van der Waals surface area contributed by atoms with Gasteiger partial charge in [0.05, 0.1) is 4.92 Å². The zero-order chi connectivity index (χ0) is 18.6. The molecule has 132 valence electrons. The number of thiophene rings is 1. The first-order valence-corrected chi connectivity index (χ1v) is 8.44. The van der Waals surface area contributed by atoms with Crippen molar-refractivity contribution in [3.05, 3.63) is 55.3 Å². The fourth-order valence-corrected chi connectivity index (χ4v) is 3.26. The second-order valence-electron chi connectivity index (χ2n) is 5.45. The van der Waals surface area contributed by atoms with Crippen molar-refractivity contribution in [3.63, 3.8) is 0 Å². The predicted molar refractivity (Wildman–Crippen MR) is 95.2 cm³/mol. The number of esters is 1. The van der Waals surface area contributed by atoms with Crippen LogP contribution in [0.1, 0.15) is 32.6 Å². The molecule has 2 rings (SSSR count). The lowest BCUT2D eigenvalue weighted by molar-refractivity contribution is -0.385. The maximum Gasteiger partial charge on any atom is 0.348 e. The normalized spacial score (nSPS) is 10.4. The van der Waals surface area contributed by atoms with Crippen LogP contribution < -0.4 is 5.32 Å². The van der Waals surface area contributed by atoms with Gasteiger partial charge in [0, 0.05) is 22.2 Å². The number of anilines is 1. The summed E-state index contributed by atoms with van der Waals surface area (Å²) < 4.78 is 5.00. The van der Waals surface area contributed by atoms with E-state index in [1.165, 1.54) is 17.4 Å². The third-order valence-corrected chi connectivity index (χ3v) is 4.93. The summed E-state index contributed by atoms with van der Waals surface area (Å²) in [6.07, 6.45) is 0.830. The fraction of sp³-hybridized carbons (Fsp3) is 0.294. The number of nitro groups is 1. The predicted octanol–water partition coefficient (Wildman–Crippen LogP) is 3.63. The van der Waals surface area contributed by atoms with Gasteiger partial charge in [-0.1, -0.05) is 13.0 Å². The maximum atomic E-state index is 12.0. The zero-order valence-corrected chi connectivity index (χ0v) is 14.9. The highest BCUT2D eigenvalue weighted by atomic mass is 32.1. The molecule has 1 aromatic heterocycles. The molecule has 0 atom stereocenters. The van der Waals surface area contributed by atoms with Crippen molar-refractivity contribution >= 4 is 34.6 Å². The number of ether oxygens (including phenoxy) is 1. The van der Waals surface area contributed by atoms with Crippen LogP contribution in [0.25, 0.3) is 0 Å². The number of benzene rings is 1. The molecule has 0 aliphatic heterocycles. The molecule has 2 aromatic rings. The van der Waals surface area contributed by atoms with Crippen LogP contribution in [0.5, 0.6) is 0 Å². The Morgan fingerprint density at radius 2 is 1.96 bits per heavy atom. The molecule has 1 amide bonds. The number of carbonyl (C=O) groups excluding carboxylic acids is 2. The quantitative estimate of drug-likeness (QED) is 0.481. The molecular formula is C17H18N2O5S. The topological polar surface area (TPSA) is 98.5 Å². The Labute approximate surface area is 148 Å². The Hall–Kier alpha value is -2.74. The van der Waals surface area contributed by atoms with Crippen molar-refractivity contribution < 1.29 is 19.2 Å². The van der Waals surface area contributed by atoms with E-state index in [-0.39, 0.29) is 11.4 Å². The Kier molecular flexibility index (Phi) is 5.87. The van der Waals surface area contributed by atoms with Gasteiger partial charge in [0.1, 0.15) is 4.88 Å². The molecule has 1 aromatic carbocycles. The Balaban J connectivity index is 1.95. The van der Waals surface area contributed by atoms with E-state index < -0.39 is 23.4 Å². The highest BCUT2D eigenvalue weighted by molar-refractivity contribution is 7.14. The lowest BCUT2D eigenvalue weighted by atomic mass is 10.2. The van der Waals surface area contributed by atoms with Crippen LogP contribution in [0.4, 0.5) is 11.4 Å². The molecule has 0 radical (unpaired) electrons. The van der Waals surface area contributed by atoms with Gasteiger partial charge in [-0.05, 0) is 38.0 Å². The van der Waals surface area contributed by atoms with E-state index in [1.807, 2.05) is 13.8 Å². The number of hydrogen-bond acceptors (Lipinski definition) is 6. The second-order valence-corrected chi connectivity index (χ2v) is 6.59. The summed E-state index contributed by atoms with van der Waals surface area (Å²) in [4.78, 5) is 35.8. The molecule has 0 spiro atoms. The van der Waals surface area contributed by atoms with Crippen LogP contribution in [0.15, 0.2) is 24.3 Å². The molecule has 8 heteroatoms. The smallest absolute Gasteiger partial charge is 0.348 e. The average Bonchev–Trinajstić information content (AvgIpc) is 2.95. The van der Waals surface area contributed by atoms with Gasteiger partial charge in [0.2, 0.25) is 0 Å². The molecule has 0 aliphatic carbocycles. The van der Waals surface area contributed by atoms with E-state index in [9.17, 15) is 19.7 Å². The minimum Gasteiger partial charge on any atom is -0.451 e. The molecule has 25 heavy (non-hydrogen) atoms. The fourth-order valence-electron chi connectivity index (χ4n) is 2.25. The molecule has 0 saturated heterocycles. The van der Waals surface area contributed by atoms with Crippen LogP contribution in [0.3, 0.4) is 0 Å². The standard InChI is InChI=1S/C17H18N2O5S/c1-4-14-11(3)7-15(25-14)17(21)24-9-16(20)18-12-6-5-10(2)13(8-12)19(22)23/h5-8H,4,9H2,1-3H3,(H,18,20). The lowest BCUT2D eigenvalue weighted by Gasteiger charge is -2.06. The summed E-state index contributed by atoms with van der Waals surface area (Å²) in [7, 11) is 0. The van der Waals surface area contributed by atoms with Gasteiger partial charge < -0.3 is 10.1 Å². The van der Waals surface area contributed by atoms with E-state index in [4.69, 9.17) is 4.74 Å². The summed E-state index contributed by atoms with van der Waals surface area (Å²) >= 11 is 1.35. The number of aryl methyl sites for hydroxylation is 3. The molecule has 0 fully saturated rings. The largest absolute Gasteiger partial charge is 0.451 e. The monoisotopic (exact) mass is 362 g/mol. The number of nitrogens with one attached hydrogen (secondary N) is 1. The maximum absolute atomic E-state index is 12.0. The summed E-state index contributed by atoms with van der Waals surface area (Å²) in [5.41, 5.74) is 1.71. The van der Waals surface area contributed by atoms with Crippen molar-refractivity contribution in [1.29, 1.82) is 0 Å². The first-order valence-electron chi connectivity index (χ1n) is 7.63. The third kappa shape index (κ3) is 4.63. The zero-order valence-electron chi connectivity index (χ0n) is 14.1. The van der Waals surface area contributed by atoms with Crippen LogP contribution in [0, 0.1) is 24.0 Å². The summed E-state index contributed by atoms with van der Waals surface area (Å²) in [5.74, 6) is -1.12. The Morgan fingerprint density at radius 1 is 1.24 bits per heavy atom. The van der Waals surface area contributed by atoms with Gasteiger partial charge in [0.25, 0.3) is 11.6 Å². The number of nitro benzene ring substituents is 1. The molecule has 0 bridgehead atoms. The van der Waals surface area contributed by atoms with Crippen molar-refractivity contribution in [3.8, 4) is 0 Å². The highest BCUT2D eigenvalue weighted by Crippen LogP contribution is 2.24. The Bertz CT molecular complexity index is 828. The molecule has 1 heterocycles. The van der Waals surface area contributed by atoms with E-state index in [0.29, 0.717) is 10.4 Å². The lowest BCUT2D eigenvalue weighted by Crippen LogP contribution is -2.20. The van der Waals surface area contributed by atoms with Gasteiger partial charge in [-0.3, -0.25) is 14.9 Å². The number of rotatable bonds is 6. The number of hydrogen-bond donors (Lipinski definition) is 1. The molecule has 7 nitrogen and oxygen atoms in total. The first kappa shape index (κ1) is 18.6. The summed E-state index contributed by atoms with van der Waals surface area (Å²) in [6, 6.07) is 6.11. The second kappa shape index (κ2) is 7.89. The molecular weight excluding hydrogens is 344 g/mol. The van der Waals surface area contributed by atoms with Gasteiger partial charge >= 0.3 is 5.97 Å². The summed E-state index contributed by atoms with van der Waals surface area (Å²) in [6.45, 7) is 5.07. The van der Waals surface area contributed by atoms with Gasteiger partial charge in [-0.15, -0.1) is 11.3 Å². The van der Waals surface area contributed by atoms with E-state index in [0.717, 1.165) is 16.9 Å². The Morgan fingerprint density at radius 3 is 2.56 bits per heavy atom. The molecule has 0 aliphatic rings. The molecule has 0 unspecified atom stereocenters. The van der Waals surface area contributed by atoms with Crippen LogP contribution >= 0.6 is 11.3 Å². The van der Waals surface area contributed by atoms with E-state index in [1.54, 1.807) is 25.1 Å². The van der Waals surface area contributed by atoms with Gasteiger partial charge in [-0.2, -0.15) is 0 Å². The van der Waals surface area contributed by atoms with Crippen molar-refractivity contribution in [2.45, 2.75) is 27.2 Å². The van der Waals surface area contributed by atoms with Gasteiger partial charge in [-0.25, -0.2) is 4.79 Å². The van der Waals surface area contributed by atoms with Crippen molar-refractivity contribution in [2.24, 2.45) is 0 Å². The summed E-state index contributed by atoms with van der Waals surface area (Å²) in [5, 5.41) is 13.4. The first-order chi connectivity index (χ1) is 11.8. The van der Waals surface area contributed by atoms with Crippen LogP contribution in [-0.4, -0.2) is 23.4 Å². The molecule has 1 N–H and O–H groups in total. The minimum absolute atomic E-state index is 0.0871. The van der Waals surface area contributed by atoms with Crippen LogP contribution in [-0.2, 0) is 16.0 Å². The van der Waals surface area contributed by atoms with Crippen LogP contribution in [0.2, 0.25) is 0 Å². The number of nitrogens with zero attached hydrogens (tertiary/aromatic N) is 1. The van der Waals surface area contributed by atoms with Crippen molar-refractivity contribution in [2.75, 3.05) is 11.9 Å². The van der Waals surface area contributed by atoms with Crippen molar-refractivity contribution in [1.82, 2.24) is 0 Å². The van der Waals surface area contributed by atoms with E-state index in [2.05, 4.69) is 5.32 Å². The third-order valence-electron chi connectivity index (χ3n) is 3.57. The minimum atomic E-state index is -0.560. The SMILES string of the molecule is CCc1sc(C(=O)OCC(=O)Nc2ccc(C)c([N+](=O)[O-])c2)cc1C. The molecule has 0 saturated carbocycles. The number of amides is 1. The number of carbonyl (C=O) groups is 2. The average molecular weight is 362 g/mol. The highest BCUT2D eigenvalue weighted by Gasteiger charge is 2.16. The van der Waals surface area contributed by atoms with E-state index >= 15 is 0 Å².